The number of hydrogen-bond acceptors (Lipinski definition) is 4. The van der Waals surface area contributed by atoms with Gasteiger partial charge in [0.25, 0.3) is 0 Å². The highest BCUT2D eigenvalue weighted by atomic mass is 32.1. The molecule has 3 nitrogen and oxygen atoms in total. The van der Waals surface area contributed by atoms with E-state index in [1.807, 2.05) is 5.38 Å². The van der Waals surface area contributed by atoms with Gasteiger partial charge in [-0.05, 0) is 12.8 Å². The van der Waals surface area contributed by atoms with Crippen molar-refractivity contribution in [2.24, 2.45) is 0 Å². The average Bonchev–Trinajstić information content (AvgIpc) is 2.71. The minimum Gasteiger partial charge on any atom is -0.397 e. The largest absolute Gasteiger partial charge is 0.397 e. The molecule has 2 rings (SSSR count). The van der Waals surface area contributed by atoms with E-state index in [4.69, 9.17) is 11.0 Å². The van der Waals surface area contributed by atoms with Crippen LogP contribution >= 0.6 is 11.3 Å². The Labute approximate surface area is 81.4 Å². The number of nitrogens with two attached hydrogens (primary N) is 1. The Kier molecular flexibility index (Phi) is 2.11. The van der Waals surface area contributed by atoms with Gasteiger partial charge in [0.15, 0.2) is 0 Å². The molecule has 0 aromatic carbocycles. The van der Waals surface area contributed by atoms with Crippen molar-refractivity contribution in [3.63, 3.8) is 0 Å². The molecule has 68 valence electrons. The Hall–Kier alpha value is -1.21. The first kappa shape index (κ1) is 8.39. The van der Waals surface area contributed by atoms with Crippen molar-refractivity contribution >= 4 is 22.0 Å². The van der Waals surface area contributed by atoms with Crippen LogP contribution in [0.4, 0.5) is 10.7 Å². The molecule has 1 aromatic rings. The van der Waals surface area contributed by atoms with Gasteiger partial charge in [0, 0.05) is 18.5 Å². The summed E-state index contributed by atoms with van der Waals surface area (Å²) in [7, 11) is 0. The van der Waals surface area contributed by atoms with E-state index in [0.717, 1.165) is 18.1 Å². The fourth-order valence-corrected chi connectivity index (χ4v) is 2.60. The minimum absolute atomic E-state index is 0.620. The second-order valence-corrected chi connectivity index (χ2v) is 4.04. The van der Waals surface area contributed by atoms with Crippen LogP contribution in [0.1, 0.15) is 18.4 Å². The highest BCUT2D eigenvalue weighted by Gasteiger charge is 2.18. The SMILES string of the molecule is N#Cc1c(N)csc1N1CCCC1. The van der Waals surface area contributed by atoms with E-state index >= 15 is 0 Å². The van der Waals surface area contributed by atoms with Crippen molar-refractivity contribution in [3.8, 4) is 6.07 Å². The summed E-state index contributed by atoms with van der Waals surface area (Å²) < 4.78 is 0. The van der Waals surface area contributed by atoms with Gasteiger partial charge in [-0.1, -0.05) is 0 Å². The second-order valence-electron chi connectivity index (χ2n) is 3.18. The standard InChI is InChI=1S/C9H11N3S/c10-5-7-8(11)6-13-9(7)12-3-1-2-4-12/h6H,1-4,11H2. The third kappa shape index (κ3) is 1.36. The molecule has 0 atom stereocenters. The van der Waals surface area contributed by atoms with Gasteiger partial charge in [0.2, 0.25) is 0 Å². The molecule has 4 heteroatoms. The van der Waals surface area contributed by atoms with Crippen molar-refractivity contribution in [2.75, 3.05) is 23.7 Å². The predicted molar refractivity (Wildman–Crippen MR) is 54.9 cm³/mol. The van der Waals surface area contributed by atoms with E-state index in [-0.39, 0.29) is 0 Å². The molecule has 2 N–H and O–H groups in total. The molecular weight excluding hydrogens is 182 g/mol. The van der Waals surface area contributed by atoms with Crippen molar-refractivity contribution < 1.29 is 0 Å². The minimum atomic E-state index is 0.620. The van der Waals surface area contributed by atoms with Crippen molar-refractivity contribution in [1.82, 2.24) is 0 Å². The van der Waals surface area contributed by atoms with Crippen LogP contribution < -0.4 is 10.6 Å². The normalized spacial score (nSPS) is 16.1. The molecule has 0 bridgehead atoms. The number of nitriles is 1. The van der Waals surface area contributed by atoms with Gasteiger partial charge in [0.05, 0.1) is 5.69 Å². The molecule has 2 heterocycles. The third-order valence-corrected chi connectivity index (χ3v) is 3.36. The topological polar surface area (TPSA) is 53.1 Å². The Morgan fingerprint density at radius 3 is 2.77 bits per heavy atom. The van der Waals surface area contributed by atoms with Crippen molar-refractivity contribution in [1.29, 1.82) is 5.26 Å². The van der Waals surface area contributed by atoms with Crippen molar-refractivity contribution in [2.45, 2.75) is 12.8 Å². The summed E-state index contributed by atoms with van der Waals surface area (Å²) in [6, 6.07) is 2.16. The molecule has 13 heavy (non-hydrogen) atoms. The summed E-state index contributed by atoms with van der Waals surface area (Å²) in [6.45, 7) is 2.13. The lowest BCUT2D eigenvalue weighted by Crippen LogP contribution is -2.17. The summed E-state index contributed by atoms with van der Waals surface area (Å²) in [6.07, 6.45) is 2.45. The molecule has 0 saturated carbocycles. The van der Waals surface area contributed by atoms with E-state index in [2.05, 4.69) is 11.0 Å². The van der Waals surface area contributed by atoms with E-state index in [0.29, 0.717) is 11.3 Å². The summed E-state index contributed by atoms with van der Waals surface area (Å²) in [5, 5.41) is 11.8. The van der Waals surface area contributed by atoms with E-state index < -0.39 is 0 Å². The van der Waals surface area contributed by atoms with Crippen LogP contribution in [0.15, 0.2) is 5.38 Å². The average molecular weight is 193 g/mol. The van der Waals surface area contributed by atoms with E-state index in [1.165, 1.54) is 12.8 Å². The third-order valence-electron chi connectivity index (χ3n) is 2.31. The molecular formula is C9H11N3S. The first-order valence-electron chi connectivity index (χ1n) is 4.35. The zero-order chi connectivity index (χ0) is 9.26. The quantitative estimate of drug-likeness (QED) is 0.740. The number of thiophene rings is 1. The molecule has 0 amide bonds. The number of hydrogen-bond donors (Lipinski definition) is 1. The molecule has 1 fully saturated rings. The summed E-state index contributed by atoms with van der Waals surface area (Å²) in [4.78, 5) is 2.25. The number of nitrogens with zero attached hydrogens (tertiary/aromatic N) is 2. The summed E-state index contributed by atoms with van der Waals surface area (Å²) >= 11 is 1.58. The monoisotopic (exact) mass is 193 g/mol. The van der Waals surface area contributed by atoms with Gasteiger partial charge in [-0.2, -0.15) is 5.26 Å². The maximum atomic E-state index is 8.90. The van der Waals surface area contributed by atoms with Crippen LogP contribution in [0.2, 0.25) is 0 Å². The van der Waals surface area contributed by atoms with Crippen LogP contribution in [0.3, 0.4) is 0 Å². The van der Waals surface area contributed by atoms with Gasteiger partial charge in [-0.25, -0.2) is 0 Å². The number of rotatable bonds is 1. The Balaban J connectivity index is 2.34. The lowest BCUT2D eigenvalue weighted by molar-refractivity contribution is 0.949. The Morgan fingerprint density at radius 1 is 1.46 bits per heavy atom. The van der Waals surface area contributed by atoms with E-state index in [1.54, 1.807) is 11.3 Å². The molecule has 0 unspecified atom stereocenters. The first-order valence-corrected chi connectivity index (χ1v) is 5.23. The lowest BCUT2D eigenvalue weighted by Gasteiger charge is -2.14. The maximum Gasteiger partial charge on any atom is 0.111 e. The molecule has 0 radical (unpaired) electrons. The van der Waals surface area contributed by atoms with E-state index in [9.17, 15) is 0 Å². The fourth-order valence-electron chi connectivity index (χ4n) is 1.63. The molecule has 0 spiro atoms. The molecule has 1 aliphatic heterocycles. The Bertz CT molecular complexity index is 344. The highest BCUT2D eigenvalue weighted by molar-refractivity contribution is 7.15. The van der Waals surface area contributed by atoms with Crippen LogP contribution in [0, 0.1) is 11.3 Å². The van der Waals surface area contributed by atoms with Gasteiger partial charge >= 0.3 is 0 Å². The fraction of sp³-hybridized carbons (Fsp3) is 0.444. The zero-order valence-electron chi connectivity index (χ0n) is 7.29. The number of anilines is 2. The molecule has 1 aliphatic rings. The zero-order valence-corrected chi connectivity index (χ0v) is 8.10. The molecule has 1 saturated heterocycles. The summed E-state index contributed by atoms with van der Waals surface area (Å²) in [5.74, 6) is 0. The highest BCUT2D eigenvalue weighted by Crippen LogP contribution is 2.34. The lowest BCUT2D eigenvalue weighted by atomic mass is 10.3. The Morgan fingerprint density at radius 2 is 2.15 bits per heavy atom. The van der Waals surface area contributed by atoms with Gasteiger partial charge in [-0.15, -0.1) is 11.3 Å². The summed E-state index contributed by atoms with van der Waals surface area (Å²) in [5.41, 5.74) is 6.96. The van der Waals surface area contributed by atoms with Crippen molar-refractivity contribution in [3.05, 3.63) is 10.9 Å². The van der Waals surface area contributed by atoms with Gasteiger partial charge < -0.3 is 10.6 Å². The van der Waals surface area contributed by atoms with Crippen LogP contribution in [-0.4, -0.2) is 13.1 Å². The van der Waals surface area contributed by atoms with Gasteiger partial charge in [-0.3, -0.25) is 0 Å². The predicted octanol–water partition coefficient (Wildman–Crippen LogP) is 1.80. The van der Waals surface area contributed by atoms with Gasteiger partial charge in [0.1, 0.15) is 16.6 Å². The smallest absolute Gasteiger partial charge is 0.111 e. The molecule has 1 aromatic heterocycles. The second kappa shape index (κ2) is 3.27. The van der Waals surface area contributed by atoms with Crippen LogP contribution in [0.25, 0.3) is 0 Å². The number of nitrogen functional groups attached to an aromatic ring is 1. The van der Waals surface area contributed by atoms with Crippen LogP contribution in [-0.2, 0) is 0 Å². The molecule has 0 aliphatic carbocycles. The first-order chi connectivity index (χ1) is 6.33. The van der Waals surface area contributed by atoms with Crippen LogP contribution in [0.5, 0.6) is 0 Å². The maximum absolute atomic E-state index is 8.90.